The maximum atomic E-state index is 11.9. The molecule has 0 aromatic heterocycles. The van der Waals surface area contributed by atoms with Gasteiger partial charge >= 0.3 is 0 Å². The van der Waals surface area contributed by atoms with Gasteiger partial charge in [-0.2, -0.15) is 0 Å². The fraction of sp³-hybridized carbons (Fsp3) is 0.538. The van der Waals surface area contributed by atoms with Crippen molar-refractivity contribution in [2.75, 3.05) is 5.75 Å². The highest BCUT2D eigenvalue weighted by Gasteiger charge is 2.13. The SMILES string of the molecule is Cc1ccc(S(=O)(=O)CCCC(C)C)cc1. The minimum absolute atomic E-state index is 0.258. The Labute approximate surface area is 98.6 Å². The Kier molecular flexibility index (Phi) is 4.54. The molecule has 0 N–H and O–H groups in total. The van der Waals surface area contributed by atoms with Gasteiger partial charge in [0.15, 0.2) is 9.84 Å². The summed E-state index contributed by atoms with van der Waals surface area (Å²) in [5.74, 6) is 0.821. The van der Waals surface area contributed by atoms with E-state index in [0.29, 0.717) is 10.8 Å². The second kappa shape index (κ2) is 5.48. The van der Waals surface area contributed by atoms with Crippen LogP contribution in [-0.4, -0.2) is 14.2 Å². The van der Waals surface area contributed by atoms with Gasteiger partial charge in [-0.3, -0.25) is 0 Å². The molecule has 0 saturated carbocycles. The van der Waals surface area contributed by atoms with Crippen LogP contribution in [0.15, 0.2) is 29.2 Å². The molecular formula is C13H20O2S. The minimum Gasteiger partial charge on any atom is -0.224 e. The van der Waals surface area contributed by atoms with Gasteiger partial charge in [0.1, 0.15) is 0 Å². The van der Waals surface area contributed by atoms with E-state index in [4.69, 9.17) is 0 Å². The van der Waals surface area contributed by atoms with E-state index in [1.807, 2.05) is 19.1 Å². The number of rotatable bonds is 5. The van der Waals surface area contributed by atoms with Crippen LogP contribution in [0.25, 0.3) is 0 Å². The number of sulfone groups is 1. The van der Waals surface area contributed by atoms with Crippen LogP contribution in [0.1, 0.15) is 32.3 Å². The molecule has 1 aromatic rings. The lowest BCUT2D eigenvalue weighted by molar-refractivity contribution is 0.560. The zero-order valence-corrected chi connectivity index (χ0v) is 11.0. The van der Waals surface area contributed by atoms with Gasteiger partial charge in [-0.1, -0.05) is 31.5 Å². The summed E-state index contributed by atoms with van der Waals surface area (Å²) >= 11 is 0. The first-order chi connectivity index (χ1) is 7.42. The van der Waals surface area contributed by atoms with Crippen molar-refractivity contribution in [2.45, 2.75) is 38.5 Å². The van der Waals surface area contributed by atoms with Crippen molar-refractivity contribution in [3.63, 3.8) is 0 Å². The molecule has 0 aliphatic rings. The van der Waals surface area contributed by atoms with Crippen molar-refractivity contribution in [1.29, 1.82) is 0 Å². The van der Waals surface area contributed by atoms with Crippen molar-refractivity contribution in [1.82, 2.24) is 0 Å². The van der Waals surface area contributed by atoms with Gasteiger partial charge in [-0.05, 0) is 37.8 Å². The van der Waals surface area contributed by atoms with Crippen molar-refractivity contribution < 1.29 is 8.42 Å². The molecule has 0 saturated heterocycles. The predicted octanol–water partition coefficient (Wildman–Crippen LogP) is 3.20. The summed E-state index contributed by atoms with van der Waals surface area (Å²) in [5, 5.41) is 0. The Morgan fingerprint density at radius 1 is 1.12 bits per heavy atom. The molecule has 0 unspecified atom stereocenters. The molecule has 1 rings (SSSR count). The lowest BCUT2D eigenvalue weighted by atomic mass is 10.1. The van der Waals surface area contributed by atoms with E-state index in [1.165, 1.54) is 0 Å². The number of hydrogen-bond acceptors (Lipinski definition) is 2. The Hall–Kier alpha value is -0.830. The molecule has 0 bridgehead atoms. The summed E-state index contributed by atoms with van der Waals surface area (Å²) in [6, 6.07) is 7.07. The molecule has 3 heteroatoms. The zero-order chi connectivity index (χ0) is 12.2. The molecular weight excluding hydrogens is 220 g/mol. The fourth-order valence-corrected chi connectivity index (χ4v) is 2.88. The highest BCUT2D eigenvalue weighted by atomic mass is 32.2. The zero-order valence-electron chi connectivity index (χ0n) is 10.2. The lowest BCUT2D eigenvalue weighted by Crippen LogP contribution is -2.07. The fourth-order valence-electron chi connectivity index (χ4n) is 1.55. The van der Waals surface area contributed by atoms with Crippen LogP contribution in [0.5, 0.6) is 0 Å². The third-order valence-corrected chi connectivity index (χ3v) is 4.39. The molecule has 2 nitrogen and oxygen atoms in total. The molecule has 0 atom stereocenters. The van der Waals surface area contributed by atoms with Crippen LogP contribution in [-0.2, 0) is 9.84 Å². The molecule has 0 amide bonds. The van der Waals surface area contributed by atoms with Crippen molar-refractivity contribution in [3.05, 3.63) is 29.8 Å². The summed E-state index contributed by atoms with van der Waals surface area (Å²) < 4.78 is 23.8. The predicted molar refractivity (Wildman–Crippen MR) is 67.3 cm³/mol. The van der Waals surface area contributed by atoms with Gasteiger partial charge in [0.05, 0.1) is 10.6 Å². The van der Waals surface area contributed by atoms with Gasteiger partial charge < -0.3 is 0 Å². The summed E-state index contributed by atoms with van der Waals surface area (Å²) in [6.45, 7) is 6.17. The molecule has 16 heavy (non-hydrogen) atoms. The molecule has 0 spiro atoms. The van der Waals surface area contributed by atoms with Crippen LogP contribution >= 0.6 is 0 Å². The Balaban J connectivity index is 2.67. The molecule has 0 heterocycles. The van der Waals surface area contributed by atoms with E-state index >= 15 is 0 Å². The maximum Gasteiger partial charge on any atom is 0.178 e. The highest BCUT2D eigenvalue weighted by molar-refractivity contribution is 7.91. The molecule has 0 aliphatic carbocycles. The summed E-state index contributed by atoms with van der Waals surface area (Å²) in [7, 11) is -3.07. The third-order valence-electron chi connectivity index (χ3n) is 2.57. The average Bonchev–Trinajstić information content (AvgIpc) is 2.17. The third kappa shape index (κ3) is 3.97. The topological polar surface area (TPSA) is 34.1 Å². The van der Waals surface area contributed by atoms with Crippen LogP contribution < -0.4 is 0 Å². The van der Waals surface area contributed by atoms with E-state index in [-0.39, 0.29) is 5.75 Å². The first-order valence-corrected chi connectivity index (χ1v) is 7.36. The van der Waals surface area contributed by atoms with E-state index < -0.39 is 9.84 Å². The number of hydrogen-bond donors (Lipinski definition) is 0. The maximum absolute atomic E-state index is 11.9. The van der Waals surface area contributed by atoms with Crippen LogP contribution in [0.4, 0.5) is 0 Å². The molecule has 90 valence electrons. The highest BCUT2D eigenvalue weighted by Crippen LogP contribution is 2.15. The Morgan fingerprint density at radius 2 is 1.69 bits per heavy atom. The van der Waals surface area contributed by atoms with Crippen molar-refractivity contribution in [3.8, 4) is 0 Å². The first kappa shape index (κ1) is 13.2. The average molecular weight is 240 g/mol. The molecule has 0 fully saturated rings. The molecule has 1 aromatic carbocycles. The number of benzene rings is 1. The smallest absolute Gasteiger partial charge is 0.178 e. The van der Waals surface area contributed by atoms with Gasteiger partial charge in [0, 0.05) is 0 Å². The Morgan fingerprint density at radius 3 is 2.19 bits per heavy atom. The van der Waals surface area contributed by atoms with Gasteiger partial charge in [0.25, 0.3) is 0 Å². The monoisotopic (exact) mass is 240 g/mol. The van der Waals surface area contributed by atoms with Gasteiger partial charge in [-0.15, -0.1) is 0 Å². The lowest BCUT2D eigenvalue weighted by Gasteiger charge is -2.06. The van der Waals surface area contributed by atoms with Crippen molar-refractivity contribution in [2.24, 2.45) is 5.92 Å². The second-order valence-electron chi connectivity index (χ2n) is 4.67. The first-order valence-electron chi connectivity index (χ1n) is 5.71. The normalized spacial score (nSPS) is 12.0. The summed E-state index contributed by atoms with van der Waals surface area (Å²) in [4.78, 5) is 0.446. The van der Waals surface area contributed by atoms with Crippen LogP contribution in [0.3, 0.4) is 0 Å². The largest absolute Gasteiger partial charge is 0.224 e. The van der Waals surface area contributed by atoms with Gasteiger partial charge in [0.2, 0.25) is 0 Å². The second-order valence-corrected chi connectivity index (χ2v) is 6.78. The number of aryl methyl sites for hydroxylation is 1. The molecule has 0 radical (unpaired) electrons. The van der Waals surface area contributed by atoms with E-state index in [2.05, 4.69) is 13.8 Å². The quantitative estimate of drug-likeness (QED) is 0.792. The van der Waals surface area contributed by atoms with E-state index in [0.717, 1.165) is 18.4 Å². The van der Waals surface area contributed by atoms with Crippen molar-refractivity contribution >= 4 is 9.84 Å². The van der Waals surface area contributed by atoms with E-state index in [1.54, 1.807) is 12.1 Å². The minimum atomic E-state index is -3.07. The van der Waals surface area contributed by atoms with Gasteiger partial charge in [-0.25, -0.2) is 8.42 Å². The van der Waals surface area contributed by atoms with Crippen LogP contribution in [0.2, 0.25) is 0 Å². The standard InChI is InChI=1S/C13H20O2S/c1-11(2)5-4-10-16(14,15)13-8-6-12(3)7-9-13/h6-9,11H,4-5,10H2,1-3H3. The van der Waals surface area contributed by atoms with Crippen LogP contribution in [0, 0.1) is 12.8 Å². The summed E-state index contributed by atoms with van der Waals surface area (Å²) in [5.41, 5.74) is 1.08. The summed E-state index contributed by atoms with van der Waals surface area (Å²) in [6.07, 6.45) is 1.71. The Bertz CT molecular complexity index is 416. The molecule has 0 aliphatic heterocycles. The van der Waals surface area contributed by atoms with E-state index in [9.17, 15) is 8.42 Å².